The quantitative estimate of drug-likeness (QED) is 0.249. The fraction of sp³-hybridized carbons (Fsp3) is 0.882. The zero-order valence-electron chi connectivity index (χ0n) is 26.5. The summed E-state index contributed by atoms with van der Waals surface area (Å²) >= 11 is 0. The van der Waals surface area contributed by atoms with Crippen molar-refractivity contribution in [3.63, 3.8) is 0 Å². The highest BCUT2D eigenvalue weighted by atomic mass is 79.9. The van der Waals surface area contributed by atoms with E-state index in [1.165, 1.54) is 51.6 Å². The molecule has 0 bridgehead atoms. The first-order valence-corrected chi connectivity index (χ1v) is 16.7. The summed E-state index contributed by atoms with van der Waals surface area (Å²) in [7, 11) is 0. The minimum Gasteiger partial charge on any atom is -1.00 e. The third kappa shape index (κ3) is 5.43. The molecule has 42 heavy (non-hydrogen) atoms. The zero-order valence-corrected chi connectivity index (χ0v) is 28.1. The van der Waals surface area contributed by atoms with Crippen molar-refractivity contribution < 1.29 is 45.3 Å². The van der Waals surface area contributed by atoms with Crippen molar-refractivity contribution in [2.75, 3.05) is 45.9 Å². The zero-order chi connectivity index (χ0) is 29.0. The van der Waals surface area contributed by atoms with E-state index in [2.05, 4.69) is 31.4 Å². The predicted octanol–water partition coefficient (Wildman–Crippen LogP) is 1.98. The maximum absolute atomic E-state index is 12.6. The summed E-state index contributed by atoms with van der Waals surface area (Å²) in [6.45, 7) is 19.1. The SMILES string of the molecule is C=CC[N+]1([C@H]2CC3C4CC[C@H]5C[C@H](OC(C)=O)[C@@H](N6CCOCC6)C[C@]5(C)C4CC[C@]3(C)[C@H]2OC(C)=O)CCCC1.[Br-]. The first-order valence-electron chi connectivity index (χ1n) is 16.7. The highest BCUT2D eigenvalue weighted by molar-refractivity contribution is 5.66. The number of nitrogens with zero attached hydrogens (tertiary/aromatic N) is 2. The normalized spacial score (nSPS) is 44.6. The maximum atomic E-state index is 12.6. The lowest BCUT2D eigenvalue weighted by Gasteiger charge is -2.62. The molecule has 2 aliphatic heterocycles. The molecule has 0 aromatic heterocycles. The highest BCUT2D eigenvalue weighted by Gasteiger charge is 2.67. The van der Waals surface area contributed by atoms with Gasteiger partial charge in [-0.3, -0.25) is 14.5 Å². The Morgan fingerprint density at radius 1 is 0.976 bits per heavy atom. The number of carbonyl (C=O) groups excluding carboxylic acids is 2. The molecule has 4 aliphatic carbocycles. The van der Waals surface area contributed by atoms with E-state index in [1.54, 1.807) is 13.8 Å². The molecule has 7 nitrogen and oxygen atoms in total. The summed E-state index contributed by atoms with van der Waals surface area (Å²) < 4.78 is 19.2. The van der Waals surface area contributed by atoms with Crippen molar-refractivity contribution >= 4 is 11.9 Å². The van der Waals surface area contributed by atoms with Crippen molar-refractivity contribution in [1.82, 2.24) is 4.90 Å². The number of quaternary nitrogens is 1. The van der Waals surface area contributed by atoms with E-state index in [0.29, 0.717) is 29.7 Å². The number of likely N-dealkylation sites (tertiary alicyclic amines) is 1. The number of rotatable bonds is 6. The second-order valence-corrected chi connectivity index (χ2v) is 15.2. The lowest BCUT2D eigenvalue weighted by molar-refractivity contribution is -0.937. The van der Waals surface area contributed by atoms with E-state index in [-0.39, 0.29) is 58.0 Å². The molecule has 0 spiro atoms. The summed E-state index contributed by atoms with van der Waals surface area (Å²) in [5.41, 5.74) is 0.272. The van der Waals surface area contributed by atoms with Gasteiger partial charge in [0, 0.05) is 57.7 Å². The molecule has 4 saturated carbocycles. The van der Waals surface area contributed by atoms with Crippen LogP contribution in [0, 0.1) is 34.5 Å². The fourth-order valence-electron chi connectivity index (χ4n) is 11.6. The molecule has 2 heterocycles. The van der Waals surface area contributed by atoms with Crippen molar-refractivity contribution in [3.8, 4) is 0 Å². The van der Waals surface area contributed by atoms with Gasteiger partial charge in [-0.1, -0.05) is 20.4 Å². The molecule has 6 fully saturated rings. The summed E-state index contributed by atoms with van der Waals surface area (Å²) in [4.78, 5) is 27.3. The molecule has 6 rings (SSSR count). The van der Waals surface area contributed by atoms with Gasteiger partial charge < -0.3 is 35.7 Å². The van der Waals surface area contributed by atoms with Crippen LogP contribution in [0.3, 0.4) is 0 Å². The van der Waals surface area contributed by atoms with Gasteiger partial charge in [0.2, 0.25) is 0 Å². The number of halogens is 1. The Kier molecular flexibility index (Phi) is 9.61. The van der Waals surface area contributed by atoms with Crippen LogP contribution in [-0.2, 0) is 23.8 Å². The van der Waals surface area contributed by atoms with Crippen molar-refractivity contribution in [1.29, 1.82) is 0 Å². The molecule has 3 unspecified atom stereocenters. The summed E-state index contributed by atoms with van der Waals surface area (Å²) in [6, 6.07) is 0.645. The van der Waals surface area contributed by atoms with Gasteiger partial charge >= 0.3 is 11.9 Å². The number of fused-ring (bicyclic) bond motifs is 5. The third-order valence-corrected chi connectivity index (χ3v) is 13.4. The molecule has 10 atom stereocenters. The first-order chi connectivity index (χ1) is 19.6. The topological polar surface area (TPSA) is 65.1 Å². The Morgan fingerprint density at radius 2 is 1.67 bits per heavy atom. The van der Waals surface area contributed by atoms with Gasteiger partial charge in [-0.25, -0.2) is 0 Å². The van der Waals surface area contributed by atoms with Crippen LogP contribution >= 0.6 is 0 Å². The van der Waals surface area contributed by atoms with Gasteiger partial charge in [-0.2, -0.15) is 0 Å². The third-order valence-electron chi connectivity index (χ3n) is 13.4. The Labute approximate surface area is 264 Å². The Balaban J connectivity index is 0.00000353. The minimum atomic E-state index is -0.147. The number of hydrogen-bond donors (Lipinski definition) is 0. The molecule has 238 valence electrons. The van der Waals surface area contributed by atoms with Gasteiger partial charge in [0.05, 0.1) is 32.8 Å². The summed E-state index contributed by atoms with van der Waals surface area (Å²) in [5.74, 6) is 2.25. The lowest BCUT2D eigenvalue weighted by atomic mass is 9.44. The first kappa shape index (κ1) is 32.4. The lowest BCUT2D eigenvalue weighted by Crippen LogP contribution is -3.00. The number of morpholine rings is 1. The van der Waals surface area contributed by atoms with E-state index in [0.717, 1.165) is 56.6 Å². The van der Waals surface area contributed by atoms with Gasteiger partial charge in [0.15, 0.2) is 6.10 Å². The molecule has 0 aromatic carbocycles. The van der Waals surface area contributed by atoms with Crippen LogP contribution in [0.5, 0.6) is 0 Å². The maximum Gasteiger partial charge on any atom is 0.303 e. The van der Waals surface area contributed by atoms with Crippen LogP contribution in [0.2, 0.25) is 0 Å². The molecular weight excluding hydrogens is 596 g/mol. The highest BCUT2D eigenvalue weighted by Crippen LogP contribution is 2.67. The summed E-state index contributed by atoms with van der Waals surface area (Å²) in [6.07, 6.45) is 12.7. The fourth-order valence-corrected chi connectivity index (χ4v) is 11.6. The van der Waals surface area contributed by atoms with Gasteiger partial charge in [-0.15, -0.1) is 0 Å². The van der Waals surface area contributed by atoms with E-state index in [1.807, 2.05) is 0 Å². The van der Waals surface area contributed by atoms with Crippen LogP contribution in [-0.4, -0.2) is 91.6 Å². The number of hydrogen-bond acceptors (Lipinski definition) is 6. The van der Waals surface area contributed by atoms with Crippen molar-refractivity contribution in [2.45, 2.75) is 110 Å². The average Bonchev–Trinajstić information content (AvgIpc) is 3.52. The van der Waals surface area contributed by atoms with E-state index >= 15 is 0 Å². The molecule has 0 amide bonds. The molecule has 2 saturated heterocycles. The average molecular weight is 652 g/mol. The van der Waals surface area contributed by atoms with Crippen LogP contribution < -0.4 is 17.0 Å². The Bertz CT molecular complexity index is 1010. The largest absolute Gasteiger partial charge is 1.00 e. The molecule has 0 N–H and O–H groups in total. The van der Waals surface area contributed by atoms with Gasteiger partial charge in [-0.05, 0) is 73.7 Å². The minimum absolute atomic E-state index is 0. The number of esters is 2. The van der Waals surface area contributed by atoms with E-state index in [9.17, 15) is 9.59 Å². The van der Waals surface area contributed by atoms with E-state index < -0.39 is 0 Å². The van der Waals surface area contributed by atoms with Gasteiger partial charge in [0.1, 0.15) is 12.1 Å². The second-order valence-electron chi connectivity index (χ2n) is 15.2. The number of ether oxygens (including phenoxy) is 3. The smallest absolute Gasteiger partial charge is 0.303 e. The van der Waals surface area contributed by atoms with E-state index in [4.69, 9.17) is 14.2 Å². The standard InChI is InChI=1S/C34H55N2O5.BrH/c1-6-15-36(16-7-8-17-36)30-21-28-26-10-9-25-20-31(40-23(2)37)29(35-13-18-39-19-14-35)22-34(25,5)27(26)11-12-33(28,4)32(30)41-24(3)38;/h6,25-32H,1,7-22H2,2-5H3;1H/q+1;/p-1/t25-,26?,27?,28?,29-,30-,31-,32-,33-,34-;/m0./s1. The molecule has 0 aromatic rings. The van der Waals surface area contributed by atoms with Crippen LogP contribution in [0.25, 0.3) is 0 Å². The Morgan fingerprint density at radius 3 is 2.31 bits per heavy atom. The molecular formula is C34H55BrN2O5. The molecule has 8 heteroatoms. The van der Waals surface area contributed by atoms with Crippen LogP contribution in [0.15, 0.2) is 12.7 Å². The predicted molar refractivity (Wildman–Crippen MR) is 158 cm³/mol. The Hall–Kier alpha value is -0.960. The van der Waals surface area contributed by atoms with Gasteiger partial charge in [0.25, 0.3) is 0 Å². The number of carbonyl (C=O) groups is 2. The summed E-state index contributed by atoms with van der Waals surface area (Å²) in [5, 5.41) is 0. The van der Waals surface area contributed by atoms with Crippen LogP contribution in [0.4, 0.5) is 0 Å². The van der Waals surface area contributed by atoms with Crippen molar-refractivity contribution in [2.24, 2.45) is 34.5 Å². The van der Waals surface area contributed by atoms with Crippen LogP contribution in [0.1, 0.15) is 85.5 Å². The molecule has 0 radical (unpaired) electrons. The van der Waals surface area contributed by atoms with Crippen molar-refractivity contribution in [3.05, 3.63) is 12.7 Å². The molecule has 6 aliphatic rings. The monoisotopic (exact) mass is 650 g/mol. The second kappa shape index (κ2) is 12.4.